The van der Waals surface area contributed by atoms with Crippen LogP contribution >= 0.6 is 0 Å². The van der Waals surface area contributed by atoms with E-state index in [1.165, 1.54) is 4.52 Å². The number of hydrogen-bond acceptors (Lipinski definition) is 5. The molecule has 0 radical (unpaired) electrons. The maximum atomic E-state index is 11.8. The molecule has 0 unspecified atom stereocenters. The van der Waals surface area contributed by atoms with Gasteiger partial charge in [-0.2, -0.15) is 9.50 Å². The Morgan fingerprint density at radius 1 is 1.53 bits per heavy atom. The van der Waals surface area contributed by atoms with E-state index in [0.717, 1.165) is 0 Å². The number of anilines is 1. The van der Waals surface area contributed by atoms with Crippen LogP contribution in [-0.4, -0.2) is 26.7 Å². The standard InChI is InChI=1S/C8H11N5O2/c1-4-5(3-15-2)10-8-11-7(9)12-13(8)6(4)14/h3H2,1-2H3,(H3,9,10,11,12). The van der Waals surface area contributed by atoms with E-state index in [1.54, 1.807) is 14.0 Å². The summed E-state index contributed by atoms with van der Waals surface area (Å²) in [6.07, 6.45) is 0. The summed E-state index contributed by atoms with van der Waals surface area (Å²) >= 11 is 0. The van der Waals surface area contributed by atoms with Gasteiger partial charge in [0.25, 0.3) is 11.3 Å². The van der Waals surface area contributed by atoms with Crippen molar-refractivity contribution in [2.24, 2.45) is 0 Å². The number of aromatic amines is 1. The van der Waals surface area contributed by atoms with Crippen molar-refractivity contribution in [1.82, 2.24) is 19.6 Å². The van der Waals surface area contributed by atoms with E-state index in [0.29, 0.717) is 11.3 Å². The van der Waals surface area contributed by atoms with Gasteiger partial charge in [0.05, 0.1) is 12.3 Å². The molecule has 0 fully saturated rings. The lowest BCUT2D eigenvalue weighted by Gasteiger charge is -2.02. The van der Waals surface area contributed by atoms with Crippen LogP contribution in [0.15, 0.2) is 4.79 Å². The molecule has 0 aliphatic heterocycles. The second-order valence-corrected chi connectivity index (χ2v) is 3.17. The Bertz CT molecular complexity index is 556. The van der Waals surface area contributed by atoms with Gasteiger partial charge in [0.1, 0.15) is 0 Å². The van der Waals surface area contributed by atoms with Crippen molar-refractivity contribution in [3.63, 3.8) is 0 Å². The summed E-state index contributed by atoms with van der Waals surface area (Å²) in [5.41, 5.74) is 6.33. The summed E-state index contributed by atoms with van der Waals surface area (Å²) in [7, 11) is 1.54. The lowest BCUT2D eigenvalue weighted by molar-refractivity contribution is 0.181. The van der Waals surface area contributed by atoms with Crippen LogP contribution in [0.4, 0.5) is 5.95 Å². The van der Waals surface area contributed by atoms with Gasteiger partial charge in [-0.3, -0.25) is 9.89 Å². The van der Waals surface area contributed by atoms with Crippen LogP contribution in [0.3, 0.4) is 0 Å². The third-order valence-electron chi connectivity index (χ3n) is 2.12. The molecule has 0 aromatic carbocycles. The molecule has 0 bridgehead atoms. The van der Waals surface area contributed by atoms with Gasteiger partial charge in [-0.15, -0.1) is 0 Å². The summed E-state index contributed by atoms with van der Waals surface area (Å²) in [5.74, 6) is 0.420. The highest BCUT2D eigenvalue weighted by Crippen LogP contribution is 2.04. The van der Waals surface area contributed by atoms with Crippen LogP contribution in [0.1, 0.15) is 11.3 Å². The summed E-state index contributed by atoms with van der Waals surface area (Å²) in [4.78, 5) is 19.8. The predicted molar refractivity (Wildman–Crippen MR) is 53.5 cm³/mol. The second-order valence-electron chi connectivity index (χ2n) is 3.17. The van der Waals surface area contributed by atoms with E-state index < -0.39 is 0 Å². The summed E-state index contributed by atoms with van der Waals surface area (Å²) in [6, 6.07) is 0. The minimum absolute atomic E-state index is 0.161. The lowest BCUT2D eigenvalue weighted by Crippen LogP contribution is -2.21. The molecule has 15 heavy (non-hydrogen) atoms. The van der Waals surface area contributed by atoms with Gasteiger partial charge in [-0.1, -0.05) is 0 Å². The zero-order valence-corrected chi connectivity index (χ0v) is 8.44. The molecule has 2 rings (SSSR count). The predicted octanol–water partition coefficient (Wildman–Crippen LogP) is -0.545. The molecule has 2 aromatic heterocycles. The highest BCUT2D eigenvalue weighted by molar-refractivity contribution is 5.36. The van der Waals surface area contributed by atoms with Crippen molar-refractivity contribution in [3.8, 4) is 0 Å². The van der Waals surface area contributed by atoms with Crippen LogP contribution in [0.25, 0.3) is 5.78 Å². The van der Waals surface area contributed by atoms with Gasteiger partial charge in [-0.05, 0) is 6.92 Å². The van der Waals surface area contributed by atoms with E-state index in [-0.39, 0.29) is 23.9 Å². The molecular weight excluding hydrogens is 198 g/mol. The van der Waals surface area contributed by atoms with Gasteiger partial charge in [0.15, 0.2) is 0 Å². The number of aromatic nitrogens is 4. The number of fused-ring (bicyclic) bond motifs is 1. The number of methoxy groups -OCH3 is 1. The Kier molecular flexibility index (Phi) is 2.16. The summed E-state index contributed by atoms with van der Waals surface area (Å²) < 4.78 is 6.15. The highest BCUT2D eigenvalue weighted by Gasteiger charge is 2.10. The van der Waals surface area contributed by atoms with Gasteiger partial charge in [-0.25, -0.2) is 4.98 Å². The number of H-pyrrole nitrogens is 1. The first-order chi connectivity index (χ1) is 7.13. The van der Waals surface area contributed by atoms with Gasteiger partial charge in [0, 0.05) is 12.7 Å². The molecule has 0 atom stereocenters. The fraction of sp³-hybridized carbons (Fsp3) is 0.375. The maximum Gasteiger partial charge on any atom is 0.277 e. The Labute approximate surface area is 84.9 Å². The van der Waals surface area contributed by atoms with Crippen molar-refractivity contribution in [2.45, 2.75) is 13.5 Å². The zero-order chi connectivity index (χ0) is 11.0. The fourth-order valence-electron chi connectivity index (χ4n) is 1.34. The molecule has 0 saturated heterocycles. The third kappa shape index (κ3) is 1.46. The number of nitrogens with two attached hydrogens (primary N) is 1. The number of ether oxygens (including phenoxy) is 1. The molecule has 7 heteroatoms. The number of rotatable bonds is 2. The van der Waals surface area contributed by atoms with Crippen molar-refractivity contribution < 1.29 is 4.74 Å². The largest absolute Gasteiger partial charge is 0.378 e. The van der Waals surface area contributed by atoms with Gasteiger partial charge in [0.2, 0.25) is 5.95 Å². The Hall–Kier alpha value is -1.89. The zero-order valence-electron chi connectivity index (χ0n) is 8.44. The fourth-order valence-corrected chi connectivity index (χ4v) is 1.34. The summed E-state index contributed by atoms with van der Waals surface area (Å²) in [6.45, 7) is 1.97. The average molecular weight is 209 g/mol. The van der Waals surface area contributed by atoms with Crippen molar-refractivity contribution in [1.29, 1.82) is 0 Å². The van der Waals surface area contributed by atoms with Gasteiger partial charge < -0.3 is 10.5 Å². The molecule has 7 nitrogen and oxygen atoms in total. The third-order valence-corrected chi connectivity index (χ3v) is 2.12. The normalized spacial score (nSPS) is 11.1. The number of nitrogens with zero attached hydrogens (tertiary/aromatic N) is 3. The first-order valence-corrected chi connectivity index (χ1v) is 4.36. The Balaban J connectivity index is 2.76. The molecule has 0 amide bonds. The van der Waals surface area contributed by atoms with E-state index in [1.807, 2.05) is 0 Å². The van der Waals surface area contributed by atoms with E-state index in [4.69, 9.17) is 10.5 Å². The molecule has 0 aliphatic carbocycles. The van der Waals surface area contributed by atoms with E-state index in [9.17, 15) is 4.79 Å². The number of nitrogen functional groups attached to an aromatic ring is 1. The molecule has 3 N–H and O–H groups in total. The van der Waals surface area contributed by atoms with Crippen LogP contribution in [0, 0.1) is 6.92 Å². The quantitative estimate of drug-likeness (QED) is 0.691. The van der Waals surface area contributed by atoms with Crippen LogP contribution < -0.4 is 11.3 Å². The topological polar surface area (TPSA) is 98.3 Å². The van der Waals surface area contributed by atoms with Gasteiger partial charge >= 0.3 is 0 Å². The van der Waals surface area contributed by atoms with E-state index in [2.05, 4.69) is 15.1 Å². The average Bonchev–Trinajstić information content (AvgIpc) is 2.56. The Morgan fingerprint density at radius 2 is 2.27 bits per heavy atom. The first kappa shape index (κ1) is 9.66. The molecule has 2 heterocycles. The molecule has 0 spiro atoms. The minimum atomic E-state index is -0.212. The molecule has 0 saturated carbocycles. The van der Waals surface area contributed by atoms with Crippen LogP contribution in [0.2, 0.25) is 0 Å². The maximum absolute atomic E-state index is 11.8. The monoisotopic (exact) mass is 209 g/mol. The second kappa shape index (κ2) is 3.35. The number of nitrogens with one attached hydrogen (secondary N) is 1. The van der Waals surface area contributed by atoms with Crippen molar-refractivity contribution in [3.05, 3.63) is 21.6 Å². The van der Waals surface area contributed by atoms with Crippen molar-refractivity contribution >= 4 is 11.7 Å². The minimum Gasteiger partial charge on any atom is -0.378 e. The molecule has 80 valence electrons. The molecule has 2 aromatic rings. The molecule has 0 aliphatic rings. The Morgan fingerprint density at radius 3 is 2.93 bits per heavy atom. The first-order valence-electron chi connectivity index (χ1n) is 4.36. The lowest BCUT2D eigenvalue weighted by atomic mass is 10.2. The van der Waals surface area contributed by atoms with Crippen LogP contribution in [-0.2, 0) is 11.3 Å². The smallest absolute Gasteiger partial charge is 0.277 e. The number of hydrogen-bond donors (Lipinski definition) is 2. The van der Waals surface area contributed by atoms with Crippen LogP contribution in [0.5, 0.6) is 0 Å². The highest BCUT2D eigenvalue weighted by atomic mass is 16.5. The SMILES string of the molecule is COCc1nc2nc(N)[nH]n2c(=O)c1C. The molecular formula is C8H11N5O2. The van der Waals surface area contributed by atoms with E-state index >= 15 is 0 Å². The summed E-state index contributed by atoms with van der Waals surface area (Å²) in [5, 5.41) is 2.60. The van der Waals surface area contributed by atoms with Crippen molar-refractivity contribution in [2.75, 3.05) is 12.8 Å².